The average Bonchev–Trinajstić information content (AvgIpc) is 2.82. The Morgan fingerprint density at radius 1 is 1.35 bits per heavy atom. The van der Waals surface area contributed by atoms with Crippen molar-refractivity contribution < 1.29 is 4.74 Å². The first-order valence-electron chi connectivity index (χ1n) is 5.60. The largest absolute Gasteiger partial charge is 0.367 e. The SMILES string of the molecule is NC[C@@H]1OCc2c(-c3ccncn3)cccc21. The van der Waals surface area contributed by atoms with Gasteiger partial charge >= 0.3 is 0 Å². The molecule has 1 aromatic carbocycles. The maximum Gasteiger partial charge on any atom is 0.116 e. The lowest BCUT2D eigenvalue weighted by Crippen LogP contribution is -2.10. The summed E-state index contributed by atoms with van der Waals surface area (Å²) in [6.07, 6.45) is 3.33. The van der Waals surface area contributed by atoms with E-state index in [4.69, 9.17) is 10.5 Å². The molecule has 1 aliphatic heterocycles. The van der Waals surface area contributed by atoms with Crippen molar-refractivity contribution in [1.29, 1.82) is 0 Å². The van der Waals surface area contributed by atoms with Crippen molar-refractivity contribution in [3.63, 3.8) is 0 Å². The molecule has 0 saturated carbocycles. The summed E-state index contributed by atoms with van der Waals surface area (Å²) in [6.45, 7) is 1.12. The van der Waals surface area contributed by atoms with Crippen LogP contribution in [0.1, 0.15) is 17.2 Å². The molecular formula is C13H13N3O. The van der Waals surface area contributed by atoms with E-state index in [1.165, 1.54) is 11.1 Å². The molecule has 0 spiro atoms. The van der Waals surface area contributed by atoms with Crippen molar-refractivity contribution >= 4 is 0 Å². The number of ether oxygens (including phenoxy) is 1. The number of hydrogen-bond acceptors (Lipinski definition) is 4. The lowest BCUT2D eigenvalue weighted by molar-refractivity contribution is 0.0724. The number of aromatic nitrogens is 2. The number of hydrogen-bond donors (Lipinski definition) is 1. The third kappa shape index (κ3) is 1.71. The van der Waals surface area contributed by atoms with Crippen LogP contribution in [0.3, 0.4) is 0 Å². The zero-order valence-electron chi connectivity index (χ0n) is 9.34. The summed E-state index contributed by atoms with van der Waals surface area (Å²) in [5.74, 6) is 0. The van der Waals surface area contributed by atoms with Gasteiger partial charge in [0.2, 0.25) is 0 Å². The number of nitrogens with zero attached hydrogens (tertiary/aromatic N) is 2. The average molecular weight is 227 g/mol. The van der Waals surface area contributed by atoms with Gasteiger partial charge in [-0.1, -0.05) is 18.2 Å². The molecule has 17 heavy (non-hydrogen) atoms. The smallest absolute Gasteiger partial charge is 0.116 e. The fourth-order valence-electron chi connectivity index (χ4n) is 2.23. The van der Waals surface area contributed by atoms with Gasteiger partial charge in [0.1, 0.15) is 6.33 Å². The fourth-order valence-corrected chi connectivity index (χ4v) is 2.23. The van der Waals surface area contributed by atoms with Crippen molar-refractivity contribution in [2.75, 3.05) is 6.54 Å². The highest BCUT2D eigenvalue weighted by Crippen LogP contribution is 2.35. The highest BCUT2D eigenvalue weighted by Gasteiger charge is 2.24. The topological polar surface area (TPSA) is 61.0 Å². The normalized spacial score (nSPS) is 18.1. The van der Waals surface area contributed by atoms with E-state index in [9.17, 15) is 0 Å². The molecule has 1 aliphatic rings. The van der Waals surface area contributed by atoms with Gasteiger partial charge in [-0.05, 0) is 17.2 Å². The van der Waals surface area contributed by atoms with Crippen LogP contribution in [0.2, 0.25) is 0 Å². The summed E-state index contributed by atoms with van der Waals surface area (Å²) in [4.78, 5) is 8.21. The van der Waals surface area contributed by atoms with Gasteiger partial charge in [0.15, 0.2) is 0 Å². The van der Waals surface area contributed by atoms with Crippen molar-refractivity contribution in [1.82, 2.24) is 9.97 Å². The predicted octanol–water partition coefficient (Wildman–Crippen LogP) is 1.67. The summed E-state index contributed by atoms with van der Waals surface area (Å²) >= 11 is 0. The molecule has 0 radical (unpaired) electrons. The van der Waals surface area contributed by atoms with Crippen LogP contribution in [0.15, 0.2) is 36.8 Å². The monoisotopic (exact) mass is 227 g/mol. The van der Waals surface area contributed by atoms with Crippen LogP contribution in [0, 0.1) is 0 Å². The van der Waals surface area contributed by atoms with E-state index >= 15 is 0 Å². The Bertz CT molecular complexity index is 527. The van der Waals surface area contributed by atoms with Crippen LogP contribution >= 0.6 is 0 Å². The maximum absolute atomic E-state index is 5.69. The van der Waals surface area contributed by atoms with E-state index < -0.39 is 0 Å². The van der Waals surface area contributed by atoms with Crippen LogP contribution < -0.4 is 5.73 Å². The van der Waals surface area contributed by atoms with Crippen LogP contribution in [0.5, 0.6) is 0 Å². The van der Waals surface area contributed by atoms with E-state index in [0.29, 0.717) is 13.2 Å². The Morgan fingerprint density at radius 3 is 3.06 bits per heavy atom. The van der Waals surface area contributed by atoms with Gasteiger partial charge in [-0.2, -0.15) is 0 Å². The Balaban J connectivity index is 2.12. The second kappa shape index (κ2) is 4.24. The van der Waals surface area contributed by atoms with Crippen molar-refractivity contribution in [3.8, 4) is 11.3 Å². The quantitative estimate of drug-likeness (QED) is 0.847. The third-order valence-electron chi connectivity index (χ3n) is 3.06. The molecule has 3 rings (SSSR count). The van der Waals surface area contributed by atoms with Crippen LogP contribution in [0.25, 0.3) is 11.3 Å². The van der Waals surface area contributed by atoms with Gasteiger partial charge in [-0.25, -0.2) is 9.97 Å². The third-order valence-corrected chi connectivity index (χ3v) is 3.06. The minimum absolute atomic E-state index is 0.0202. The molecule has 0 unspecified atom stereocenters. The van der Waals surface area contributed by atoms with Gasteiger partial charge < -0.3 is 10.5 Å². The Labute approximate surface area is 99.5 Å². The van der Waals surface area contributed by atoms with E-state index in [-0.39, 0.29) is 6.10 Å². The van der Waals surface area contributed by atoms with Crippen molar-refractivity contribution in [2.45, 2.75) is 12.7 Å². The molecule has 2 N–H and O–H groups in total. The summed E-state index contributed by atoms with van der Waals surface area (Å²) in [5, 5.41) is 0. The van der Waals surface area contributed by atoms with E-state index in [0.717, 1.165) is 11.3 Å². The first-order chi connectivity index (χ1) is 8.40. The first kappa shape index (κ1) is 10.4. The Kier molecular flexibility index (Phi) is 2.59. The molecule has 0 fully saturated rings. The standard InChI is InChI=1S/C13H13N3O/c14-6-13-10-3-1-2-9(11(10)7-17-13)12-4-5-15-8-16-12/h1-5,8,13H,6-7,14H2/t13-/m0/s1. The van der Waals surface area contributed by atoms with Crippen LogP contribution in [-0.2, 0) is 11.3 Å². The van der Waals surface area contributed by atoms with E-state index in [1.807, 2.05) is 12.1 Å². The van der Waals surface area contributed by atoms with Crippen LogP contribution in [-0.4, -0.2) is 16.5 Å². The molecule has 1 atom stereocenters. The van der Waals surface area contributed by atoms with Crippen LogP contribution in [0.4, 0.5) is 0 Å². The van der Waals surface area contributed by atoms with Crippen molar-refractivity contribution in [2.24, 2.45) is 5.73 Å². The van der Waals surface area contributed by atoms with Crippen molar-refractivity contribution in [3.05, 3.63) is 47.9 Å². The minimum atomic E-state index is 0.0202. The number of benzene rings is 1. The summed E-state index contributed by atoms with van der Waals surface area (Å²) in [7, 11) is 0. The zero-order valence-corrected chi connectivity index (χ0v) is 9.34. The highest BCUT2D eigenvalue weighted by atomic mass is 16.5. The highest BCUT2D eigenvalue weighted by molar-refractivity contribution is 5.65. The number of rotatable bonds is 2. The zero-order chi connectivity index (χ0) is 11.7. The fraction of sp³-hybridized carbons (Fsp3) is 0.231. The molecule has 0 amide bonds. The molecule has 0 bridgehead atoms. The summed E-state index contributed by atoms with van der Waals surface area (Å²) < 4.78 is 5.67. The summed E-state index contributed by atoms with van der Waals surface area (Å²) in [6, 6.07) is 8.06. The molecule has 0 aliphatic carbocycles. The summed E-state index contributed by atoms with van der Waals surface area (Å²) in [5.41, 5.74) is 10.1. The maximum atomic E-state index is 5.69. The molecule has 4 nitrogen and oxygen atoms in total. The molecule has 2 aromatic rings. The molecule has 4 heteroatoms. The number of nitrogens with two attached hydrogens (primary N) is 1. The second-order valence-electron chi connectivity index (χ2n) is 4.00. The van der Waals surface area contributed by atoms with Gasteiger partial charge in [0.25, 0.3) is 0 Å². The molecule has 2 heterocycles. The van der Waals surface area contributed by atoms with Gasteiger partial charge in [0.05, 0.1) is 18.4 Å². The lowest BCUT2D eigenvalue weighted by atomic mass is 9.98. The van der Waals surface area contributed by atoms with Gasteiger partial charge in [-0.15, -0.1) is 0 Å². The Morgan fingerprint density at radius 2 is 2.29 bits per heavy atom. The predicted molar refractivity (Wildman–Crippen MR) is 64.1 cm³/mol. The van der Waals surface area contributed by atoms with E-state index in [2.05, 4.69) is 22.1 Å². The molecule has 1 aromatic heterocycles. The van der Waals surface area contributed by atoms with Gasteiger partial charge in [-0.3, -0.25) is 0 Å². The Hall–Kier alpha value is -1.78. The molecule has 86 valence electrons. The molecule has 0 saturated heterocycles. The molecular weight excluding hydrogens is 214 g/mol. The number of fused-ring (bicyclic) bond motifs is 1. The lowest BCUT2D eigenvalue weighted by Gasteiger charge is -2.08. The second-order valence-corrected chi connectivity index (χ2v) is 4.00. The minimum Gasteiger partial charge on any atom is -0.367 e. The van der Waals surface area contributed by atoms with Gasteiger partial charge in [0, 0.05) is 18.3 Å². The van der Waals surface area contributed by atoms with E-state index in [1.54, 1.807) is 12.5 Å². The first-order valence-corrected chi connectivity index (χ1v) is 5.60.